The third-order valence-corrected chi connectivity index (χ3v) is 3.72. The first-order valence-electron chi connectivity index (χ1n) is 7.16. The molecular formula is C15H15ClFN5O. The van der Waals surface area contributed by atoms with Crippen LogP contribution in [0.5, 0.6) is 0 Å². The van der Waals surface area contributed by atoms with Crippen LogP contribution in [-0.4, -0.2) is 35.1 Å². The van der Waals surface area contributed by atoms with Crippen LogP contribution in [0.1, 0.15) is 6.42 Å². The SMILES string of the molecule is O=C(Nc1ccc(F)cc1)NC1CCN(c2cncc(Cl)n2)C1. The zero-order valence-electron chi connectivity index (χ0n) is 12.2. The van der Waals surface area contributed by atoms with Crippen molar-refractivity contribution in [2.45, 2.75) is 12.5 Å². The zero-order valence-corrected chi connectivity index (χ0v) is 12.9. The largest absolute Gasteiger partial charge is 0.353 e. The molecule has 2 amide bonds. The van der Waals surface area contributed by atoms with Crippen molar-refractivity contribution in [2.75, 3.05) is 23.3 Å². The normalized spacial score (nSPS) is 17.1. The van der Waals surface area contributed by atoms with Crippen LogP contribution in [0.3, 0.4) is 0 Å². The molecule has 0 saturated carbocycles. The summed E-state index contributed by atoms with van der Waals surface area (Å²) in [6, 6.07) is 5.29. The molecule has 2 N–H and O–H groups in total. The van der Waals surface area contributed by atoms with Crippen LogP contribution < -0.4 is 15.5 Å². The predicted molar refractivity (Wildman–Crippen MR) is 86.2 cm³/mol. The molecule has 3 rings (SSSR count). The van der Waals surface area contributed by atoms with Crippen molar-refractivity contribution in [3.05, 3.63) is 47.6 Å². The van der Waals surface area contributed by atoms with E-state index in [9.17, 15) is 9.18 Å². The first-order chi connectivity index (χ1) is 11.1. The van der Waals surface area contributed by atoms with E-state index in [1.54, 1.807) is 6.20 Å². The Morgan fingerprint density at radius 2 is 2.09 bits per heavy atom. The molecule has 0 radical (unpaired) electrons. The van der Waals surface area contributed by atoms with Gasteiger partial charge in [-0.25, -0.2) is 14.2 Å². The number of hydrogen-bond acceptors (Lipinski definition) is 4. The van der Waals surface area contributed by atoms with Gasteiger partial charge in [0.25, 0.3) is 0 Å². The minimum absolute atomic E-state index is 0.00349. The fourth-order valence-corrected chi connectivity index (χ4v) is 2.60. The van der Waals surface area contributed by atoms with E-state index in [1.165, 1.54) is 30.5 Å². The van der Waals surface area contributed by atoms with Gasteiger partial charge in [-0.15, -0.1) is 0 Å². The molecule has 8 heteroatoms. The van der Waals surface area contributed by atoms with Crippen molar-refractivity contribution >= 4 is 29.1 Å². The van der Waals surface area contributed by atoms with E-state index < -0.39 is 0 Å². The summed E-state index contributed by atoms with van der Waals surface area (Å²) in [5, 5.41) is 5.91. The van der Waals surface area contributed by atoms with E-state index in [0.29, 0.717) is 23.2 Å². The maximum Gasteiger partial charge on any atom is 0.319 e. The number of nitrogens with zero attached hydrogens (tertiary/aromatic N) is 3. The van der Waals surface area contributed by atoms with E-state index in [4.69, 9.17) is 11.6 Å². The van der Waals surface area contributed by atoms with Gasteiger partial charge < -0.3 is 15.5 Å². The highest BCUT2D eigenvalue weighted by Gasteiger charge is 2.25. The van der Waals surface area contributed by atoms with Gasteiger partial charge >= 0.3 is 6.03 Å². The lowest BCUT2D eigenvalue weighted by Gasteiger charge is -2.17. The average Bonchev–Trinajstić information content (AvgIpc) is 2.98. The van der Waals surface area contributed by atoms with Crippen molar-refractivity contribution in [1.82, 2.24) is 15.3 Å². The third-order valence-electron chi connectivity index (χ3n) is 3.54. The molecule has 120 valence electrons. The summed E-state index contributed by atoms with van der Waals surface area (Å²) >= 11 is 5.84. The highest BCUT2D eigenvalue weighted by Crippen LogP contribution is 2.19. The van der Waals surface area contributed by atoms with Crippen molar-refractivity contribution in [1.29, 1.82) is 0 Å². The average molecular weight is 336 g/mol. The second-order valence-electron chi connectivity index (χ2n) is 5.24. The number of carbonyl (C=O) groups is 1. The van der Waals surface area contributed by atoms with E-state index in [2.05, 4.69) is 20.6 Å². The van der Waals surface area contributed by atoms with Crippen molar-refractivity contribution in [3.8, 4) is 0 Å². The number of urea groups is 1. The molecular weight excluding hydrogens is 321 g/mol. The Hall–Kier alpha value is -2.41. The number of anilines is 2. The van der Waals surface area contributed by atoms with Crippen LogP contribution in [0.4, 0.5) is 20.7 Å². The molecule has 1 aromatic heterocycles. The first kappa shape index (κ1) is 15.5. The van der Waals surface area contributed by atoms with E-state index in [1.807, 2.05) is 4.90 Å². The highest BCUT2D eigenvalue weighted by molar-refractivity contribution is 6.29. The molecule has 1 aliphatic heterocycles. The summed E-state index contributed by atoms with van der Waals surface area (Å²) in [5.74, 6) is 0.353. The summed E-state index contributed by atoms with van der Waals surface area (Å²) in [6.07, 6.45) is 3.92. The Kier molecular flexibility index (Phi) is 4.57. The number of aromatic nitrogens is 2. The molecule has 1 aromatic carbocycles. The number of halogens is 2. The summed E-state index contributed by atoms with van der Waals surface area (Å²) in [5.41, 5.74) is 0.541. The number of amides is 2. The van der Waals surface area contributed by atoms with Crippen LogP contribution in [0.2, 0.25) is 5.15 Å². The maximum absolute atomic E-state index is 12.8. The first-order valence-corrected chi connectivity index (χ1v) is 7.53. The number of rotatable bonds is 3. The van der Waals surface area contributed by atoms with E-state index in [-0.39, 0.29) is 17.9 Å². The topological polar surface area (TPSA) is 70.2 Å². The molecule has 6 nitrogen and oxygen atoms in total. The lowest BCUT2D eigenvalue weighted by Crippen LogP contribution is -2.39. The Morgan fingerprint density at radius 3 is 2.83 bits per heavy atom. The van der Waals surface area contributed by atoms with Gasteiger partial charge in [0.15, 0.2) is 0 Å². The molecule has 1 unspecified atom stereocenters. The van der Waals surface area contributed by atoms with Crippen LogP contribution >= 0.6 is 11.6 Å². The van der Waals surface area contributed by atoms with Crippen molar-refractivity contribution in [2.24, 2.45) is 0 Å². The lowest BCUT2D eigenvalue weighted by molar-refractivity contribution is 0.249. The van der Waals surface area contributed by atoms with Gasteiger partial charge in [-0.2, -0.15) is 0 Å². The van der Waals surface area contributed by atoms with Crippen LogP contribution in [-0.2, 0) is 0 Å². The predicted octanol–water partition coefficient (Wildman–Crippen LogP) is 2.67. The lowest BCUT2D eigenvalue weighted by atomic mass is 10.3. The molecule has 23 heavy (non-hydrogen) atoms. The Morgan fingerprint density at radius 1 is 1.30 bits per heavy atom. The fourth-order valence-electron chi connectivity index (χ4n) is 2.46. The standard InChI is InChI=1S/C15H15ClFN5O/c16-13-7-18-8-14(21-13)22-6-5-12(9-22)20-15(23)19-11-3-1-10(17)2-4-11/h1-4,7-8,12H,5-6,9H2,(H2,19,20,23). The van der Waals surface area contributed by atoms with Gasteiger partial charge in [0.05, 0.1) is 12.4 Å². The second-order valence-corrected chi connectivity index (χ2v) is 5.62. The van der Waals surface area contributed by atoms with Crippen LogP contribution in [0.25, 0.3) is 0 Å². The number of nitrogens with one attached hydrogen (secondary N) is 2. The second kappa shape index (κ2) is 6.78. The van der Waals surface area contributed by atoms with Crippen LogP contribution in [0, 0.1) is 5.82 Å². The molecule has 1 atom stereocenters. The molecule has 1 aliphatic rings. The summed E-state index contributed by atoms with van der Waals surface area (Å²) in [6.45, 7) is 1.39. The van der Waals surface area contributed by atoms with Gasteiger partial charge in [-0.3, -0.25) is 4.98 Å². The minimum atomic E-state index is -0.343. The van der Waals surface area contributed by atoms with E-state index in [0.717, 1.165) is 13.0 Å². The van der Waals surface area contributed by atoms with Gasteiger partial charge in [-0.05, 0) is 30.7 Å². The molecule has 1 saturated heterocycles. The number of benzene rings is 1. The molecule has 0 spiro atoms. The Balaban J connectivity index is 1.53. The molecule has 0 aliphatic carbocycles. The summed E-state index contributed by atoms with van der Waals surface area (Å²) in [4.78, 5) is 22.2. The molecule has 1 fully saturated rings. The van der Waals surface area contributed by atoms with Gasteiger partial charge in [0, 0.05) is 24.8 Å². The molecule has 2 aromatic rings. The van der Waals surface area contributed by atoms with Crippen molar-refractivity contribution < 1.29 is 9.18 Å². The van der Waals surface area contributed by atoms with Crippen LogP contribution in [0.15, 0.2) is 36.7 Å². The number of hydrogen-bond donors (Lipinski definition) is 2. The molecule has 2 heterocycles. The Labute approximate surface area is 137 Å². The fraction of sp³-hybridized carbons (Fsp3) is 0.267. The summed E-state index contributed by atoms with van der Waals surface area (Å²) in [7, 11) is 0. The smallest absolute Gasteiger partial charge is 0.319 e. The van der Waals surface area contributed by atoms with E-state index >= 15 is 0 Å². The quantitative estimate of drug-likeness (QED) is 0.904. The maximum atomic E-state index is 12.8. The zero-order chi connectivity index (χ0) is 16.2. The number of carbonyl (C=O) groups excluding carboxylic acids is 1. The van der Waals surface area contributed by atoms with Gasteiger partial charge in [-0.1, -0.05) is 11.6 Å². The monoisotopic (exact) mass is 335 g/mol. The summed E-state index contributed by atoms with van der Waals surface area (Å²) < 4.78 is 12.8. The highest BCUT2D eigenvalue weighted by atomic mass is 35.5. The molecule has 0 bridgehead atoms. The van der Waals surface area contributed by atoms with Gasteiger partial charge in [0.2, 0.25) is 0 Å². The van der Waals surface area contributed by atoms with Gasteiger partial charge in [0.1, 0.15) is 16.8 Å². The minimum Gasteiger partial charge on any atom is -0.353 e. The van der Waals surface area contributed by atoms with Crippen molar-refractivity contribution in [3.63, 3.8) is 0 Å². The third kappa shape index (κ3) is 4.07. The Bertz CT molecular complexity index is 697.